The molecule has 0 unspecified atom stereocenters. The molecule has 2 rings (SSSR count). The summed E-state index contributed by atoms with van der Waals surface area (Å²) in [6.45, 7) is 0. The summed E-state index contributed by atoms with van der Waals surface area (Å²) in [5, 5.41) is 0. The monoisotopic (exact) mass is 151 g/mol. The Morgan fingerprint density at radius 3 is 2.27 bits per heavy atom. The zero-order valence-corrected chi connectivity index (χ0v) is 6.55. The SMILES string of the molecule is NC(=O)C(=CC1CC1)C1CC1. The fourth-order valence-corrected chi connectivity index (χ4v) is 1.33. The third kappa shape index (κ3) is 1.62. The van der Waals surface area contributed by atoms with Crippen molar-refractivity contribution in [1.82, 2.24) is 0 Å². The molecule has 2 saturated carbocycles. The van der Waals surface area contributed by atoms with Crippen LogP contribution in [0, 0.1) is 11.8 Å². The minimum atomic E-state index is -0.195. The Kier molecular flexibility index (Phi) is 1.48. The molecule has 0 spiro atoms. The number of primary amides is 1. The Balaban J connectivity index is 2.06. The van der Waals surface area contributed by atoms with Crippen LogP contribution in [0.4, 0.5) is 0 Å². The number of carbonyl (C=O) groups is 1. The lowest BCUT2D eigenvalue weighted by Gasteiger charge is -1.98. The molecule has 2 fully saturated rings. The zero-order chi connectivity index (χ0) is 7.84. The molecule has 0 aromatic rings. The molecule has 0 aromatic heterocycles. The van der Waals surface area contributed by atoms with Gasteiger partial charge in [-0.2, -0.15) is 0 Å². The quantitative estimate of drug-likeness (QED) is 0.605. The Labute approximate surface area is 66.5 Å². The Bertz CT molecular complexity index is 212. The summed E-state index contributed by atoms with van der Waals surface area (Å²) >= 11 is 0. The molecule has 0 bridgehead atoms. The smallest absolute Gasteiger partial charge is 0.244 e. The van der Waals surface area contributed by atoms with Crippen molar-refractivity contribution >= 4 is 5.91 Å². The molecule has 0 atom stereocenters. The van der Waals surface area contributed by atoms with Crippen molar-refractivity contribution in [2.45, 2.75) is 25.7 Å². The van der Waals surface area contributed by atoms with Gasteiger partial charge in [-0.15, -0.1) is 0 Å². The summed E-state index contributed by atoms with van der Waals surface area (Å²) in [6.07, 6.45) is 6.94. The van der Waals surface area contributed by atoms with Crippen molar-refractivity contribution in [2.24, 2.45) is 17.6 Å². The van der Waals surface area contributed by atoms with Crippen LogP contribution in [0.15, 0.2) is 11.6 Å². The number of hydrogen-bond acceptors (Lipinski definition) is 1. The van der Waals surface area contributed by atoms with Crippen LogP contribution in [0.5, 0.6) is 0 Å². The number of hydrogen-bond donors (Lipinski definition) is 1. The van der Waals surface area contributed by atoms with Crippen LogP contribution in [0.25, 0.3) is 0 Å². The molecule has 2 nitrogen and oxygen atoms in total. The Hall–Kier alpha value is -0.790. The fourth-order valence-electron chi connectivity index (χ4n) is 1.33. The van der Waals surface area contributed by atoms with Crippen molar-refractivity contribution < 1.29 is 4.79 Å². The molecule has 2 heteroatoms. The van der Waals surface area contributed by atoms with Gasteiger partial charge in [0.15, 0.2) is 0 Å². The van der Waals surface area contributed by atoms with Crippen LogP contribution in [-0.2, 0) is 4.79 Å². The first kappa shape index (κ1) is 6.89. The molecule has 0 aromatic carbocycles. The lowest BCUT2D eigenvalue weighted by Crippen LogP contribution is -2.15. The van der Waals surface area contributed by atoms with Gasteiger partial charge in [-0.25, -0.2) is 0 Å². The Morgan fingerprint density at radius 1 is 1.27 bits per heavy atom. The number of carbonyl (C=O) groups excluding carboxylic acids is 1. The summed E-state index contributed by atoms with van der Waals surface area (Å²) in [6, 6.07) is 0. The minimum Gasteiger partial charge on any atom is -0.366 e. The molecule has 0 saturated heterocycles. The van der Waals surface area contributed by atoms with Crippen LogP contribution in [-0.4, -0.2) is 5.91 Å². The van der Waals surface area contributed by atoms with Crippen LogP contribution in [0.1, 0.15) is 25.7 Å². The lowest BCUT2D eigenvalue weighted by molar-refractivity contribution is -0.114. The van der Waals surface area contributed by atoms with E-state index >= 15 is 0 Å². The van der Waals surface area contributed by atoms with E-state index in [0.29, 0.717) is 11.8 Å². The van der Waals surface area contributed by atoms with Crippen molar-refractivity contribution in [1.29, 1.82) is 0 Å². The summed E-state index contributed by atoms with van der Waals surface area (Å²) < 4.78 is 0. The molecular weight excluding hydrogens is 138 g/mol. The summed E-state index contributed by atoms with van der Waals surface area (Å²) in [5.74, 6) is 1.01. The van der Waals surface area contributed by atoms with E-state index in [0.717, 1.165) is 5.57 Å². The predicted molar refractivity (Wildman–Crippen MR) is 42.7 cm³/mol. The lowest BCUT2D eigenvalue weighted by atomic mass is 10.1. The summed E-state index contributed by atoms with van der Waals surface area (Å²) in [4.78, 5) is 10.9. The second-order valence-electron chi connectivity index (χ2n) is 3.60. The van der Waals surface area contributed by atoms with Gasteiger partial charge in [-0.3, -0.25) is 4.79 Å². The second kappa shape index (κ2) is 2.36. The van der Waals surface area contributed by atoms with Crippen LogP contribution in [0.2, 0.25) is 0 Å². The van der Waals surface area contributed by atoms with Crippen LogP contribution in [0.3, 0.4) is 0 Å². The highest BCUT2D eigenvalue weighted by molar-refractivity contribution is 5.93. The molecule has 11 heavy (non-hydrogen) atoms. The molecule has 2 N–H and O–H groups in total. The summed E-state index contributed by atoms with van der Waals surface area (Å²) in [5.41, 5.74) is 6.16. The fraction of sp³-hybridized carbons (Fsp3) is 0.667. The number of nitrogens with two attached hydrogens (primary N) is 1. The standard InChI is InChI=1S/C9H13NO/c10-9(11)8(7-3-4-7)5-6-1-2-6/h5-7H,1-4H2,(H2,10,11). The van der Waals surface area contributed by atoms with E-state index in [1.54, 1.807) is 0 Å². The first-order valence-electron chi connectivity index (χ1n) is 4.29. The van der Waals surface area contributed by atoms with E-state index in [9.17, 15) is 4.79 Å². The van der Waals surface area contributed by atoms with Gasteiger partial charge >= 0.3 is 0 Å². The predicted octanol–water partition coefficient (Wildman–Crippen LogP) is 1.22. The summed E-state index contributed by atoms with van der Waals surface area (Å²) in [7, 11) is 0. The maximum absolute atomic E-state index is 10.9. The van der Waals surface area contributed by atoms with Gasteiger partial charge in [0.2, 0.25) is 5.91 Å². The minimum absolute atomic E-state index is 0.195. The highest BCUT2D eigenvalue weighted by Gasteiger charge is 2.31. The zero-order valence-electron chi connectivity index (χ0n) is 6.55. The molecule has 1 amide bonds. The van der Waals surface area contributed by atoms with Crippen LogP contribution < -0.4 is 5.73 Å². The molecule has 2 aliphatic carbocycles. The van der Waals surface area contributed by atoms with Gasteiger partial charge in [0, 0.05) is 5.57 Å². The number of allylic oxidation sites excluding steroid dienone is 1. The van der Waals surface area contributed by atoms with E-state index in [2.05, 4.69) is 6.08 Å². The first-order chi connectivity index (χ1) is 5.27. The average molecular weight is 151 g/mol. The van der Waals surface area contributed by atoms with Gasteiger partial charge < -0.3 is 5.73 Å². The molecule has 0 radical (unpaired) electrons. The second-order valence-corrected chi connectivity index (χ2v) is 3.60. The highest BCUT2D eigenvalue weighted by atomic mass is 16.1. The van der Waals surface area contributed by atoms with Crippen LogP contribution >= 0.6 is 0 Å². The maximum Gasteiger partial charge on any atom is 0.244 e. The van der Waals surface area contributed by atoms with E-state index < -0.39 is 0 Å². The Morgan fingerprint density at radius 2 is 1.91 bits per heavy atom. The number of rotatable bonds is 3. The van der Waals surface area contributed by atoms with E-state index in [4.69, 9.17) is 5.73 Å². The molecule has 60 valence electrons. The number of amides is 1. The molecule has 2 aliphatic rings. The van der Waals surface area contributed by atoms with Crippen molar-refractivity contribution in [3.8, 4) is 0 Å². The third-order valence-electron chi connectivity index (χ3n) is 2.34. The van der Waals surface area contributed by atoms with Gasteiger partial charge in [0.25, 0.3) is 0 Å². The van der Waals surface area contributed by atoms with Crippen molar-refractivity contribution in [2.75, 3.05) is 0 Å². The van der Waals surface area contributed by atoms with E-state index in [-0.39, 0.29) is 5.91 Å². The molecular formula is C9H13NO. The average Bonchev–Trinajstić information content (AvgIpc) is 2.78. The highest BCUT2D eigenvalue weighted by Crippen LogP contribution is 2.40. The van der Waals surface area contributed by atoms with Crippen molar-refractivity contribution in [3.05, 3.63) is 11.6 Å². The third-order valence-corrected chi connectivity index (χ3v) is 2.34. The topological polar surface area (TPSA) is 43.1 Å². The van der Waals surface area contributed by atoms with Gasteiger partial charge in [-0.1, -0.05) is 6.08 Å². The van der Waals surface area contributed by atoms with Crippen molar-refractivity contribution in [3.63, 3.8) is 0 Å². The normalized spacial score (nSPS) is 25.3. The largest absolute Gasteiger partial charge is 0.366 e. The van der Waals surface area contributed by atoms with E-state index in [1.807, 2.05) is 0 Å². The molecule has 0 aliphatic heterocycles. The van der Waals surface area contributed by atoms with Gasteiger partial charge in [0.1, 0.15) is 0 Å². The van der Waals surface area contributed by atoms with Gasteiger partial charge in [0.05, 0.1) is 0 Å². The first-order valence-corrected chi connectivity index (χ1v) is 4.29. The van der Waals surface area contributed by atoms with E-state index in [1.165, 1.54) is 25.7 Å². The van der Waals surface area contributed by atoms with Gasteiger partial charge in [-0.05, 0) is 37.5 Å². The maximum atomic E-state index is 10.9. The molecule has 0 heterocycles.